The molecule has 2 N–H and O–H groups in total. The molecule has 198 valence electrons. The van der Waals surface area contributed by atoms with Crippen molar-refractivity contribution in [2.45, 2.75) is 70.1 Å². The summed E-state index contributed by atoms with van der Waals surface area (Å²) in [7, 11) is 1.99. The maximum absolute atomic E-state index is 13.2. The van der Waals surface area contributed by atoms with Gasteiger partial charge in [-0.15, -0.1) is 10.2 Å². The Morgan fingerprint density at radius 2 is 2.11 bits per heavy atom. The molecule has 1 aliphatic carbocycles. The van der Waals surface area contributed by atoms with E-state index in [1.54, 1.807) is 11.9 Å². The fraction of sp³-hybridized carbons (Fsp3) is 0.615. The van der Waals surface area contributed by atoms with E-state index in [0.717, 1.165) is 73.8 Å². The van der Waals surface area contributed by atoms with Gasteiger partial charge < -0.3 is 9.88 Å². The van der Waals surface area contributed by atoms with Gasteiger partial charge in [0, 0.05) is 47.9 Å². The van der Waals surface area contributed by atoms with Gasteiger partial charge in [-0.05, 0) is 76.2 Å². The van der Waals surface area contributed by atoms with E-state index < -0.39 is 6.67 Å². The highest BCUT2D eigenvalue weighted by Gasteiger charge is 2.36. The fourth-order valence-electron chi connectivity index (χ4n) is 4.88. The number of likely N-dealkylation sites (N-methyl/N-ethyl adjacent to an activating group) is 1. The van der Waals surface area contributed by atoms with Crippen molar-refractivity contribution in [1.29, 1.82) is 0 Å². The molecule has 2 aromatic rings. The second kappa shape index (κ2) is 13.3. The molecule has 4 rings (SSSR count). The Bertz CT molecular complexity index is 1030. The first-order chi connectivity index (χ1) is 17.6. The van der Waals surface area contributed by atoms with Crippen LogP contribution in [0.2, 0.25) is 0 Å². The summed E-state index contributed by atoms with van der Waals surface area (Å²) in [5.74, 6) is 0. The highest BCUT2D eigenvalue weighted by atomic mass is 32.2. The number of alkyl halides is 2. The van der Waals surface area contributed by atoms with Crippen molar-refractivity contribution in [2.75, 3.05) is 33.4 Å². The third-order valence-corrected chi connectivity index (χ3v) is 9.06. The lowest BCUT2D eigenvalue weighted by Crippen LogP contribution is -2.48. The van der Waals surface area contributed by atoms with E-state index in [2.05, 4.69) is 67.1 Å². The Morgan fingerprint density at radius 3 is 2.78 bits per heavy atom. The number of allylic oxidation sites excluding steroid dienone is 2. The zero-order valence-corrected chi connectivity index (χ0v) is 22.9. The van der Waals surface area contributed by atoms with Crippen molar-refractivity contribution in [3.63, 3.8) is 0 Å². The van der Waals surface area contributed by atoms with Crippen LogP contribution < -0.4 is 10.0 Å². The molecule has 1 saturated carbocycles. The van der Waals surface area contributed by atoms with Crippen molar-refractivity contribution < 1.29 is 8.78 Å². The molecular formula is C26H38F2N6S2. The third-order valence-electron chi connectivity index (χ3n) is 7.08. The normalized spacial score (nSPS) is 20.8. The van der Waals surface area contributed by atoms with Crippen LogP contribution in [-0.4, -0.2) is 64.6 Å². The predicted molar refractivity (Wildman–Crippen MR) is 147 cm³/mol. The fourth-order valence-corrected chi connectivity index (χ4v) is 6.58. The minimum absolute atomic E-state index is 0.104. The zero-order chi connectivity index (χ0) is 25.4. The van der Waals surface area contributed by atoms with Gasteiger partial charge in [0.25, 0.3) is 0 Å². The predicted octanol–water partition coefficient (Wildman–Crippen LogP) is 5.60. The molecule has 1 unspecified atom stereocenters. The van der Waals surface area contributed by atoms with Gasteiger partial charge in [-0.2, -0.15) is 0 Å². The molecule has 1 fully saturated rings. The summed E-state index contributed by atoms with van der Waals surface area (Å²) in [6.07, 6.45) is 13.3. The van der Waals surface area contributed by atoms with E-state index in [0.29, 0.717) is 11.4 Å². The second-order valence-electron chi connectivity index (χ2n) is 9.63. The summed E-state index contributed by atoms with van der Waals surface area (Å²) in [6, 6.07) is 4.50. The van der Waals surface area contributed by atoms with Crippen LogP contribution in [0.15, 0.2) is 29.2 Å². The van der Waals surface area contributed by atoms with Crippen LogP contribution in [0.5, 0.6) is 0 Å². The number of halogens is 2. The molecule has 6 nitrogen and oxygen atoms in total. The molecule has 1 aliphatic heterocycles. The van der Waals surface area contributed by atoms with E-state index >= 15 is 0 Å². The van der Waals surface area contributed by atoms with Gasteiger partial charge in [-0.1, -0.05) is 30.4 Å². The smallest absolute Gasteiger partial charge is 0.164 e. The van der Waals surface area contributed by atoms with Gasteiger partial charge in [0.05, 0.1) is 12.4 Å². The van der Waals surface area contributed by atoms with Crippen LogP contribution in [0.3, 0.4) is 0 Å². The molecule has 0 amide bonds. The topological polar surface area (TPSA) is 58.0 Å². The van der Waals surface area contributed by atoms with Gasteiger partial charge in [0.15, 0.2) is 5.01 Å². The van der Waals surface area contributed by atoms with Gasteiger partial charge in [0.1, 0.15) is 11.7 Å². The molecule has 2 aromatic heterocycles. The first kappa shape index (κ1) is 27.4. The molecule has 0 aromatic carbocycles. The molecule has 10 heteroatoms. The van der Waals surface area contributed by atoms with Gasteiger partial charge in [-0.3, -0.25) is 14.0 Å². The van der Waals surface area contributed by atoms with Crippen LogP contribution in [-0.2, 0) is 13.1 Å². The van der Waals surface area contributed by atoms with Crippen LogP contribution in [0.4, 0.5) is 8.78 Å². The minimum Gasteiger partial charge on any atom is -0.318 e. The number of nitrogens with zero attached hydrogens (tertiary/aromatic N) is 4. The number of aromatic nitrogens is 3. The Labute approximate surface area is 221 Å². The maximum Gasteiger partial charge on any atom is 0.164 e. The van der Waals surface area contributed by atoms with Crippen LogP contribution in [0.1, 0.15) is 56.2 Å². The molecule has 2 aliphatic rings. The monoisotopic (exact) mass is 536 g/mol. The zero-order valence-electron chi connectivity index (χ0n) is 21.3. The summed E-state index contributed by atoms with van der Waals surface area (Å²) in [5, 5.41) is 12.7. The Balaban J connectivity index is 1.66. The molecule has 0 bridgehead atoms. The number of rotatable bonds is 13. The summed E-state index contributed by atoms with van der Waals surface area (Å²) < 4.78 is 32.3. The van der Waals surface area contributed by atoms with Crippen LogP contribution in [0, 0.1) is 0 Å². The van der Waals surface area contributed by atoms with Gasteiger partial charge in [-0.25, -0.2) is 4.39 Å². The molecule has 0 radical (unpaired) electrons. The molecule has 36 heavy (non-hydrogen) atoms. The molecular weight excluding hydrogens is 498 g/mol. The van der Waals surface area contributed by atoms with Crippen molar-refractivity contribution in [3.05, 3.63) is 39.9 Å². The summed E-state index contributed by atoms with van der Waals surface area (Å²) >= 11 is 2.92. The Morgan fingerprint density at radius 1 is 1.25 bits per heavy atom. The SMILES string of the molecule is CCCN(CCNC)C1C=CC/C(SNC2(CCF)CCC2)=C\n2c(ccc2-c2nnc(CF)s2)C1. The van der Waals surface area contributed by atoms with Crippen molar-refractivity contribution in [1.82, 2.24) is 29.7 Å². The number of fused-ring (bicyclic) bond motifs is 1. The molecule has 0 spiro atoms. The highest BCUT2D eigenvalue weighted by molar-refractivity contribution is 8.01. The second-order valence-corrected chi connectivity index (χ2v) is 11.6. The molecule has 0 saturated heterocycles. The van der Waals surface area contributed by atoms with Crippen LogP contribution >= 0.6 is 23.3 Å². The molecule has 3 heterocycles. The average Bonchev–Trinajstić information content (AvgIpc) is 3.50. The quantitative estimate of drug-likeness (QED) is 0.257. The van der Waals surface area contributed by atoms with Gasteiger partial charge in [0.2, 0.25) is 0 Å². The Kier molecular flexibility index (Phi) is 10.1. The van der Waals surface area contributed by atoms with Crippen molar-refractivity contribution in [3.8, 4) is 10.7 Å². The number of nitrogens with one attached hydrogen (secondary N) is 2. The largest absolute Gasteiger partial charge is 0.318 e. The summed E-state index contributed by atoms with van der Waals surface area (Å²) in [6.45, 7) is 4.27. The summed E-state index contributed by atoms with van der Waals surface area (Å²) in [4.78, 5) is 3.69. The van der Waals surface area contributed by atoms with E-state index in [9.17, 15) is 8.78 Å². The first-order valence-corrected chi connectivity index (χ1v) is 14.6. The van der Waals surface area contributed by atoms with Crippen molar-refractivity contribution in [2.24, 2.45) is 0 Å². The maximum atomic E-state index is 13.2. The van der Waals surface area contributed by atoms with Gasteiger partial charge >= 0.3 is 0 Å². The van der Waals surface area contributed by atoms with E-state index in [1.165, 1.54) is 17.0 Å². The van der Waals surface area contributed by atoms with E-state index in [4.69, 9.17) is 0 Å². The number of hydrogen-bond donors (Lipinski definition) is 2. The van der Waals surface area contributed by atoms with E-state index in [-0.39, 0.29) is 18.3 Å². The minimum atomic E-state index is -0.605. The summed E-state index contributed by atoms with van der Waals surface area (Å²) in [5.41, 5.74) is 2.01. The standard InChI is InChI=1S/C26H38F2N6S2/c1-3-15-33(16-14-29-2)20-6-4-7-22(36-32-26(12-13-27)10-5-11-26)19-34-21(17-20)8-9-23(34)25-31-30-24(18-28)35-25/h4,6,8-9,19-20,29,32H,3,5,7,10-18H2,1-2H3/b6-4?,22-19+. The third kappa shape index (κ3) is 6.64. The Hall–Kier alpha value is -1.59. The van der Waals surface area contributed by atoms with E-state index in [1.807, 2.05) is 7.05 Å². The molecule has 1 atom stereocenters. The first-order valence-electron chi connectivity index (χ1n) is 13.0. The lowest BCUT2D eigenvalue weighted by molar-refractivity contribution is 0.193. The lowest BCUT2D eigenvalue weighted by atomic mass is 9.76. The average molecular weight is 537 g/mol. The number of hydrogen-bond acceptors (Lipinski definition) is 7. The van der Waals surface area contributed by atoms with Crippen LogP contribution in [0.25, 0.3) is 16.9 Å². The van der Waals surface area contributed by atoms with Crippen molar-refractivity contribution >= 4 is 29.5 Å². The highest BCUT2D eigenvalue weighted by Crippen LogP contribution is 2.39. The lowest BCUT2D eigenvalue weighted by Gasteiger charge is -2.42.